The number of aromatic nitrogens is 2. The summed E-state index contributed by atoms with van der Waals surface area (Å²) in [5, 5.41) is 0.578. The zero-order valence-electron chi connectivity index (χ0n) is 16.6. The summed E-state index contributed by atoms with van der Waals surface area (Å²) in [7, 11) is 0. The van der Waals surface area contributed by atoms with Gasteiger partial charge in [0, 0.05) is 36.7 Å². The van der Waals surface area contributed by atoms with E-state index < -0.39 is 0 Å². The maximum absolute atomic E-state index is 6.07. The van der Waals surface area contributed by atoms with Crippen LogP contribution in [0, 0.1) is 20.8 Å². The Morgan fingerprint density at radius 1 is 1.00 bits per heavy atom. The quantitative estimate of drug-likeness (QED) is 0.532. The monoisotopic (exact) mass is 391 g/mol. The van der Waals surface area contributed by atoms with Gasteiger partial charge in [0.05, 0.1) is 0 Å². The van der Waals surface area contributed by atoms with Crippen molar-refractivity contribution in [2.45, 2.75) is 27.2 Å². The molecule has 28 heavy (non-hydrogen) atoms. The maximum Gasteiger partial charge on any atom is 0.299 e. The summed E-state index contributed by atoms with van der Waals surface area (Å²) >= 11 is 1.29. The van der Waals surface area contributed by atoms with Gasteiger partial charge in [0.25, 0.3) is 5.19 Å². The first kappa shape index (κ1) is 18.8. The molecular weight excluding hydrogens is 366 g/mol. The van der Waals surface area contributed by atoms with Gasteiger partial charge in [0.1, 0.15) is 5.75 Å². The predicted octanol–water partition coefficient (Wildman–Crippen LogP) is 5.34. The molecule has 0 aliphatic carbocycles. The van der Waals surface area contributed by atoms with Gasteiger partial charge in [0.15, 0.2) is 5.82 Å². The number of aryl methyl sites for hydroxylation is 3. The molecule has 4 nitrogen and oxygen atoms in total. The summed E-state index contributed by atoms with van der Waals surface area (Å²) in [5.74, 6) is 1.57. The molecule has 0 saturated carbocycles. The fraction of sp³-hybridized carbons (Fsp3) is 0.304. The molecule has 0 unspecified atom stereocenters. The third-order valence-electron chi connectivity index (χ3n) is 5.14. The average molecular weight is 392 g/mol. The van der Waals surface area contributed by atoms with Gasteiger partial charge in [-0.15, -0.1) is 0 Å². The highest BCUT2D eigenvalue weighted by atomic mass is 32.1. The molecule has 4 rings (SSSR count). The van der Waals surface area contributed by atoms with E-state index in [-0.39, 0.29) is 0 Å². The van der Waals surface area contributed by atoms with Gasteiger partial charge in [-0.2, -0.15) is 9.36 Å². The van der Waals surface area contributed by atoms with E-state index in [2.05, 4.69) is 71.4 Å². The molecule has 0 fully saturated rings. The lowest BCUT2D eigenvalue weighted by Crippen LogP contribution is -2.22. The second-order valence-corrected chi connectivity index (χ2v) is 8.09. The van der Waals surface area contributed by atoms with E-state index in [0.717, 1.165) is 42.9 Å². The number of hydrogen-bond donors (Lipinski definition) is 0. The summed E-state index contributed by atoms with van der Waals surface area (Å²) in [5.41, 5.74) is 6.01. The van der Waals surface area contributed by atoms with Crippen molar-refractivity contribution in [3.8, 4) is 22.3 Å². The molecule has 0 amide bonds. The van der Waals surface area contributed by atoms with Crippen molar-refractivity contribution in [2.24, 2.45) is 0 Å². The normalized spacial score (nSPS) is 14.0. The molecule has 3 aromatic rings. The van der Waals surface area contributed by atoms with Crippen LogP contribution in [-0.2, 0) is 6.42 Å². The number of hydrogen-bond acceptors (Lipinski definition) is 5. The largest absolute Gasteiger partial charge is 0.430 e. The fourth-order valence-electron chi connectivity index (χ4n) is 3.38. The smallest absolute Gasteiger partial charge is 0.299 e. The van der Waals surface area contributed by atoms with Crippen LogP contribution in [0.1, 0.15) is 22.3 Å². The number of nitrogens with zero attached hydrogens (tertiary/aromatic N) is 3. The van der Waals surface area contributed by atoms with Crippen LogP contribution in [0.2, 0.25) is 0 Å². The minimum absolute atomic E-state index is 0.578. The lowest BCUT2D eigenvalue weighted by atomic mass is 10.0. The van der Waals surface area contributed by atoms with E-state index in [0.29, 0.717) is 11.0 Å². The topological polar surface area (TPSA) is 38.2 Å². The Kier molecular flexibility index (Phi) is 5.55. The van der Waals surface area contributed by atoms with Crippen molar-refractivity contribution in [3.05, 3.63) is 70.8 Å². The Bertz CT molecular complexity index is 984. The molecule has 1 aliphatic rings. The Morgan fingerprint density at radius 3 is 2.50 bits per heavy atom. The third-order valence-corrected chi connectivity index (χ3v) is 5.73. The highest BCUT2D eigenvalue weighted by molar-refractivity contribution is 7.07. The lowest BCUT2D eigenvalue weighted by molar-refractivity contribution is 0.357. The first-order valence-corrected chi connectivity index (χ1v) is 10.4. The van der Waals surface area contributed by atoms with Crippen LogP contribution in [0.25, 0.3) is 11.4 Å². The highest BCUT2D eigenvalue weighted by Crippen LogP contribution is 2.31. The van der Waals surface area contributed by atoms with Gasteiger partial charge in [-0.1, -0.05) is 48.0 Å². The van der Waals surface area contributed by atoms with Crippen molar-refractivity contribution in [1.29, 1.82) is 0 Å². The Balaban J connectivity index is 1.46. The molecule has 0 N–H and O–H groups in total. The van der Waals surface area contributed by atoms with E-state index in [1.807, 2.05) is 12.1 Å². The van der Waals surface area contributed by atoms with E-state index in [4.69, 9.17) is 4.74 Å². The van der Waals surface area contributed by atoms with Crippen molar-refractivity contribution in [3.63, 3.8) is 0 Å². The Hall–Kier alpha value is -2.50. The minimum atomic E-state index is 0.578. The van der Waals surface area contributed by atoms with Gasteiger partial charge in [-0.05, 0) is 49.9 Å². The Morgan fingerprint density at radius 2 is 1.75 bits per heavy atom. The van der Waals surface area contributed by atoms with E-state index in [9.17, 15) is 0 Å². The summed E-state index contributed by atoms with van der Waals surface area (Å²) < 4.78 is 10.5. The first-order valence-electron chi connectivity index (χ1n) is 9.64. The van der Waals surface area contributed by atoms with Crippen LogP contribution in [0.15, 0.2) is 48.6 Å². The van der Waals surface area contributed by atoms with Crippen LogP contribution in [0.5, 0.6) is 10.9 Å². The molecule has 0 radical (unpaired) electrons. The van der Waals surface area contributed by atoms with Gasteiger partial charge in [0.2, 0.25) is 0 Å². The second kappa shape index (κ2) is 8.25. The number of ether oxygens (including phenoxy) is 1. The lowest BCUT2D eigenvalue weighted by Gasteiger charge is -2.16. The molecule has 144 valence electrons. The number of benzene rings is 2. The zero-order valence-corrected chi connectivity index (χ0v) is 17.4. The van der Waals surface area contributed by atoms with E-state index in [1.165, 1.54) is 28.2 Å². The molecule has 0 spiro atoms. The van der Waals surface area contributed by atoms with E-state index in [1.54, 1.807) is 0 Å². The maximum atomic E-state index is 6.07. The molecule has 0 atom stereocenters. The van der Waals surface area contributed by atoms with Crippen LogP contribution in [0.4, 0.5) is 0 Å². The molecule has 0 saturated heterocycles. The number of rotatable bonds is 6. The highest BCUT2D eigenvalue weighted by Gasteiger charge is 2.13. The fourth-order valence-corrected chi connectivity index (χ4v) is 3.94. The molecule has 1 aromatic heterocycles. The van der Waals surface area contributed by atoms with Crippen molar-refractivity contribution < 1.29 is 4.74 Å². The first-order chi connectivity index (χ1) is 13.6. The SMILES string of the molecule is Cc1ccc(-c2nsc(Oc3cc(C)c(CCN4CC=CC4)cc3C)n2)cc1. The molecule has 2 heterocycles. The molecule has 2 aromatic carbocycles. The standard InChI is InChI=1S/C23H25N3OS/c1-16-6-8-19(9-7-16)22-24-23(28-25-22)27-21-15-17(2)20(14-18(21)3)10-13-26-11-4-5-12-26/h4-9,14-15H,10-13H2,1-3H3. The van der Waals surface area contributed by atoms with Crippen molar-refractivity contribution in [1.82, 2.24) is 14.3 Å². The van der Waals surface area contributed by atoms with Gasteiger partial charge >= 0.3 is 0 Å². The van der Waals surface area contributed by atoms with Crippen molar-refractivity contribution in [2.75, 3.05) is 19.6 Å². The summed E-state index contributed by atoms with van der Waals surface area (Å²) in [4.78, 5) is 7.01. The summed E-state index contributed by atoms with van der Waals surface area (Å²) in [6.07, 6.45) is 5.54. The second-order valence-electron chi connectivity index (χ2n) is 7.38. The van der Waals surface area contributed by atoms with Crippen LogP contribution in [0.3, 0.4) is 0 Å². The minimum Gasteiger partial charge on any atom is -0.430 e. The third kappa shape index (κ3) is 4.32. The Labute approximate surface area is 170 Å². The molecular formula is C23H25N3OS. The summed E-state index contributed by atoms with van der Waals surface area (Å²) in [6, 6.07) is 12.6. The zero-order chi connectivity index (χ0) is 19.5. The molecule has 1 aliphatic heterocycles. The van der Waals surface area contributed by atoms with Crippen LogP contribution >= 0.6 is 11.5 Å². The summed E-state index contributed by atoms with van der Waals surface area (Å²) in [6.45, 7) is 9.55. The molecule has 5 heteroatoms. The average Bonchev–Trinajstić information content (AvgIpc) is 3.36. The van der Waals surface area contributed by atoms with E-state index >= 15 is 0 Å². The molecule has 0 bridgehead atoms. The van der Waals surface area contributed by atoms with Gasteiger partial charge in [-0.3, -0.25) is 4.90 Å². The van der Waals surface area contributed by atoms with Crippen LogP contribution in [-0.4, -0.2) is 33.9 Å². The van der Waals surface area contributed by atoms with Gasteiger partial charge in [-0.25, -0.2) is 0 Å². The van der Waals surface area contributed by atoms with Crippen LogP contribution < -0.4 is 4.74 Å². The predicted molar refractivity (Wildman–Crippen MR) is 115 cm³/mol. The van der Waals surface area contributed by atoms with Crippen molar-refractivity contribution >= 4 is 11.5 Å². The van der Waals surface area contributed by atoms with Gasteiger partial charge < -0.3 is 4.74 Å².